The first-order valence-electron chi connectivity index (χ1n) is 6.32. The summed E-state index contributed by atoms with van der Waals surface area (Å²) in [6.45, 7) is 3.22. The van der Waals surface area contributed by atoms with E-state index in [1.54, 1.807) is 31.2 Å². The van der Waals surface area contributed by atoms with Crippen molar-refractivity contribution in [2.45, 2.75) is 26.3 Å². The lowest BCUT2D eigenvalue weighted by molar-refractivity contribution is -0.145. The summed E-state index contributed by atoms with van der Waals surface area (Å²) >= 11 is 5.83. The second kappa shape index (κ2) is 5.63. The van der Waals surface area contributed by atoms with Crippen LogP contribution in [0.2, 0.25) is 5.02 Å². The van der Waals surface area contributed by atoms with Crippen LogP contribution in [0.4, 0.5) is 5.69 Å². The number of halogens is 1. The van der Waals surface area contributed by atoms with E-state index >= 15 is 0 Å². The lowest BCUT2D eigenvalue weighted by Gasteiger charge is -2.22. The molecule has 0 spiro atoms. The van der Waals surface area contributed by atoms with Crippen LogP contribution in [0.5, 0.6) is 0 Å². The Bertz CT molecular complexity index is 573. The van der Waals surface area contributed by atoms with Crippen LogP contribution in [0.1, 0.15) is 20.3 Å². The molecule has 1 fully saturated rings. The fourth-order valence-electron chi connectivity index (χ4n) is 2.14. The van der Waals surface area contributed by atoms with Crippen molar-refractivity contribution in [1.82, 2.24) is 4.90 Å². The van der Waals surface area contributed by atoms with Gasteiger partial charge in [-0.25, -0.2) is 0 Å². The molecule has 0 saturated carbocycles. The first-order chi connectivity index (χ1) is 9.40. The standard InChI is InChI=1S/C14H15ClN2O3/c1-8-6-12(18)17(14(8)20)9(2)13(19)16-11-5-3-4-10(15)7-11/h3-5,7-9H,6H2,1-2H3,(H,16,19). The molecule has 1 aliphatic heterocycles. The Hall–Kier alpha value is -1.88. The van der Waals surface area contributed by atoms with Gasteiger partial charge in [0.15, 0.2) is 0 Å². The molecule has 6 heteroatoms. The minimum Gasteiger partial charge on any atom is -0.324 e. The highest BCUT2D eigenvalue weighted by molar-refractivity contribution is 6.30. The fourth-order valence-corrected chi connectivity index (χ4v) is 2.34. The molecule has 20 heavy (non-hydrogen) atoms. The monoisotopic (exact) mass is 294 g/mol. The third kappa shape index (κ3) is 2.82. The molecule has 1 aromatic rings. The van der Waals surface area contributed by atoms with Crippen LogP contribution in [0.15, 0.2) is 24.3 Å². The van der Waals surface area contributed by atoms with E-state index in [2.05, 4.69) is 5.32 Å². The maximum Gasteiger partial charge on any atom is 0.247 e. The highest BCUT2D eigenvalue weighted by atomic mass is 35.5. The number of anilines is 1. The highest BCUT2D eigenvalue weighted by Gasteiger charge is 2.40. The number of benzene rings is 1. The van der Waals surface area contributed by atoms with E-state index in [0.717, 1.165) is 4.90 Å². The number of rotatable bonds is 3. The average Bonchev–Trinajstić information content (AvgIpc) is 2.62. The van der Waals surface area contributed by atoms with E-state index in [1.165, 1.54) is 6.92 Å². The summed E-state index contributed by atoms with van der Waals surface area (Å²) in [5.74, 6) is -1.38. The summed E-state index contributed by atoms with van der Waals surface area (Å²) in [6.07, 6.45) is 0.160. The van der Waals surface area contributed by atoms with Crippen LogP contribution < -0.4 is 5.32 Å². The highest BCUT2D eigenvalue weighted by Crippen LogP contribution is 2.22. The molecule has 1 saturated heterocycles. The second-order valence-corrected chi connectivity index (χ2v) is 5.32. The molecule has 0 radical (unpaired) electrons. The largest absolute Gasteiger partial charge is 0.324 e. The molecule has 5 nitrogen and oxygen atoms in total. The van der Waals surface area contributed by atoms with Crippen LogP contribution >= 0.6 is 11.6 Å². The number of carbonyl (C=O) groups excluding carboxylic acids is 3. The van der Waals surface area contributed by atoms with E-state index in [0.29, 0.717) is 10.7 Å². The first kappa shape index (κ1) is 14.5. The van der Waals surface area contributed by atoms with E-state index in [1.807, 2.05) is 0 Å². The zero-order valence-corrected chi connectivity index (χ0v) is 12.0. The van der Waals surface area contributed by atoms with Crippen molar-refractivity contribution in [3.8, 4) is 0 Å². The zero-order valence-electron chi connectivity index (χ0n) is 11.2. The summed E-state index contributed by atoms with van der Waals surface area (Å²) in [5, 5.41) is 3.14. The Kier molecular flexibility index (Phi) is 4.09. The van der Waals surface area contributed by atoms with Gasteiger partial charge in [-0.1, -0.05) is 24.6 Å². The van der Waals surface area contributed by atoms with Crippen molar-refractivity contribution in [2.75, 3.05) is 5.32 Å². The van der Waals surface area contributed by atoms with Crippen LogP contribution in [0.25, 0.3) is 0 Å². The van der Waals surface area contributed by atoms with Gasteiger partial charge in [-0.3, -0.25) is 19.3 Å². The molecule has 1 heterocycles. The van der Waals surface area contributed by atoms with E-state index in [9.17, 15) is 14.4 Å². The van der Waals surface area contributed by atoms with Gasteiger partial charge < -0.3 is 5.32 Å². The molecule has 0 bridgehead atoms. The molecule has 2 rings (SSSR count). The maximum absolute atomic E-state index is 12.1. The van der Waals surface area contributed by atoms with Crippen molar-refractivity contribution in [2.24, 2.45) is 5.92 Å². The normalized spacial score (nSPS) is 20.1. The molecule has 2 atom stereocenters. The predicted molar refractivity (Wildman–Crippen MR) is 75.2 cm³/mol. The summed E-state index contributed by atoms with van der Waals surface area (Å²) < 4.78 is 0. The summed E-state index contributed by atoms with van der Waals surface area (Å²) in [4.78, 5) is 36.8. The Morgan fingerprint density at radius 2 is 2.15 bits per heavy atom. The minimum absolute atomic E-state index is 0.160. The van der Waals surface area contributed by atoms with Crippen LogP contribution in [-0.4, -0.2) is 28.7 Å². The number of amides is 3. The smallest absolute Gasteiger partial charge is 0.247 e. The van der Waals surface area contributed by atoms with Crippen LogP contribution in [-0.2, 0) is 14.4 Å². The molecule has 1 aliphatic rings. The molecule has 2 unspecified atom stereocenters. The number of carbonyl (C=O) groups is 3. The van der Waals surface area contributed by atoms with Gasteiger partial charge >= 0.3 is 0 Å². The predicted octanol–water partition coefficient (Wildman–Crippen LogP) is 2.06. The minimum atomic E-state index is -0.834. The quantitative estimate of drug-likeness (QED) is 0.868. The van der Waals surface area contributed by atoms with E-state index in [4.69, 9.17) is 11.6 Å². The van der Waals surface area contributed by atoms with Crippen molar-refractivity contribution in [1.29, 1.82) is 0 Å². The topological polar surface area (TPSA) is 66.5 Å². The van der Waals surface area contributed by atoms with Gasteiger partial charge in [-0.05, 0) is 25.1 Å². The van der Waals surface area contributed by atoms with Gasteiger partial charge in [0.05, 0.1) is 0 Å². The van der Waals surface area contributed by atoms with Gasteiger partial charge in [0.1, 0.15) is 6.04 Å². The number of likely N-dealkylation sites (tertiary alicyclic amines) is 1. The first-order valence-corrected chi connectivity index (χ1v) is 6.70. The average molecular weight is 295 g/mol. The molecule has 0 aliphatic carbocycles. The molecule has 3 amide bonds. The Morgan fingerprint density at radius 3 is 2.70 bits per heavy atom. The summed E-state index contributed by atoms with van der Waals surface area (Å²) in [5.41, 5.74) is 0.529. The van der Waals surface area contributed by atoms with Crippen LogP contribution in [0, 0.1) is 5.92 Å². The Labute approximate surface area is 121 Å². The zero-order chi connectivity index (χ0) is 14.9. The van der Waals surface area contributed by atoms with E-state index in [-0.39, 0.29) is 24.2 Å². The van der Waals surface area contributed by atoms with Crippen molar-refractivity contribution in [3.05, 3.63) is 29.3 Å². The molecule has 106 valence electrons. The number of hydrogen-bond donors (Lipinski definition) is 1. The van der Waals surface area contributed by atoms with Crippen LogP contribution in [0.3, 0.4) is 0 Å². The van der Waals surface area contributed by atoms with Crippen molar-refractivity contribution >= 4 is 35.0 Å². The summed E-state index contributed by atoms with van der Waals surface area (Å²) in [7, 11) is 0. The number of imide groups is 1. The molecule has 1 aromatic carbocycles. The fraction of sp³-hybridized carbons (Fsp3) is 0.357. The van der Waals surface area contributed by atoms with Gasteiger partial charge in [0.25, 0.3) is 0 Å². The Balaban J connectivity index is 2.09. The number of hydrogen-bond acceptors (Lipinski definition) is 3. The lowest BCUT2D eigenvalue weighted by atomic mass is 10.1. The van der Waals surface area contributed by atoms with E-state index < -0.39 is 11.9 Å². The van der Waals surface area contributed by atoms with Crippen molar-refractivity contribution < 1.29 is 14.4 Å². The number of nitrogens with zero attached hydrogens (tertiary/aromatic N) is 1. The molecular formula is C14H15ClN2O3. The number of nitrogens with one attached hydrogen (secondary N) is 1. The molecule has 1 N–H and O–H groups in total. The van der Waals surface area contributed by atoms with Gasteiger partial charge in [0.2, 0.25) is 17.7 Å². The SMILES string of the molecule is CC1CC(=O)N(C(C)C(=O)Nc2cccc(Cl)c2)C1=O. The second-order valence-electron chi connectivity index (χ2n) is 4.88. The van der Waals surface area contributed by atoms with Gasteiger partial charge in [-0.2, -0.15) is 0 Å². The Morgan fingerprint density at radius 1 is 1.45 bits per heavy atom. The van der Waals surface area contributed by atoms with Gasteiger partial charge in [-0.15, -0.1) is 0 Å². The third-order valence-corrected chi connectivity index (χ3v) is 3.50. The summed E-state index contributed by atoms with van der Waals surface area (Å²) in [6, 6.07) is 5.85. The molecular weight excluding hydrogens is 280 g/mol. The van der Waals surface area contributed by atoms with Crippen molar-refractivity contribution in [3.63, 3.8) is 0 Å². The van der Waals surface area contributed by atoms with Gasteiger partial charge in [0, 0.05) is 23.0 Å². The molecule has 0 aromatic heterocycles. The maximum atomic E-state index is 12.1. The third-order valence-electron chi connectivity index (χ3n) is 3.27. The lowest BCUT2D eigenvalue weighted by Crippen LogP contribution is -2.45.